The number of nitro benzene ring substituents is 1. The van der Waals surface area contributed by atoms with Crippen LogP contribution in [0.3, 0.4) is 0 Å². The molecule has 1 saturated heterocycles. The summed E-state index contributed by atoms with van der Waals surface area (Å²) in [5.74, 6) is 0.0734. The molecule has 1 aliphatic rings. The lowest BCUT2D eigenvalue weighted by Gasteiger charge is -2.12. The van der Waals surface area contributed by atoms with Gasteiger partial charge in [0.15, 0.2) is 0 Å². The van der Waals surface area contributed by atoms with Gasteiger partial charge >= 0.3 is 0 Å². The Balaban J connectivity index is 1.75. The molecule has 2 aromatic rings. The first kappa shape index (κ1) is 18.8. The third-order valence-corrected chi connectivity index (χ3v) is 5.17. The fraction of sp³-hybridized carbons (Fsp3) is 0.200. The van der Waals surface area contributed by atoms with Crippen LogP contribution in [0.25, 0.3) is 6.08 Å². The second-order valence-corrected chi connectivity index (χ2v) is 7.51. The highest BCUT2D eigenvalue weighted by atomic mass is 32.2. The maximum Gasteiger partial charge on any atom is 0.293 e. The molecule has 0 saturated carbocycles. The number of thioether (sulfide) groups is 1. The number of amides is 2. The predicted molar refractivity (Wildman–Crippen MR) is 105 cm³/mol. The van der Waals surface area contributed by atoms with Gasteiger partial charge in [0.25, 0.3) is 16.8 Å². The van der Waals surface area contributed by atoms with Crippen molar-refractivity contribution in [3.8, 4) is 0 Å². The lowest BCUT2D eigenvalue weighted by molar-refractivity contribution is -0.384. The number of nitro groups is 1. The molecule has 2 aromatic carbocycles. The third-order valence-electron chi connectivity index (χ3n) is 4.26. The van der Waals surface area contributed by atoms with Crippen LogP contribution in [0.4, 0.5) is 10.5 Å². The van der Waals surface area contributed by atoms with E-state index in [4.69, 9.17) is 0 Å². The average molecular weight is 382 g/mol. The first-order chi connectivity index (χ1) is 12.8. The van der Waals surface area contributed by atoms with Crippen LogP contribution >= 0.6 is 11.8 Å². The summed E-state index contributed by atoms with van der Waals surface area (Å²) in [5.41, 5.74) is 2.70. The second kappa shape index (κ2) is 7.75. The SMILES string of the molecule is CC(C)c1ccc(/C=C2\SC(=O)N(Cc3ccc([N+](=O)[O-])cc3)C2=O)cc1. The highest BCUT2D eigenvalue weighted by Gasteiger charge is 2.35. The van der Waals surface area contributed by atoms with Crippen LogP contribution in [-0.2, 0) is 11.3 Å². The molecule has 1 fully saturated rings. The lowest BCUT2D eigenvalue weighted by atomic mass is 10.0. The Morgan fingerprint density at radius 2 is 1.70 bits per heavy atom. The monoisotopic (exact) mass is 382 g/mol. The van der Waals surface area contributed by atoms with Gasteiger partial charge in [-0.1, -0.05) is 50.2 Å². The van der Waals surface area contributed by atoms with Crippen molar-refractivity contribution in [2.45, 2.75) is 26.3 Å². The number of carbonyl (C=O) groups is 2. The van der Waals surface area contributed by atoms with E-state index in [2.05, 4.69) is 13.8 Å². The molecule has 6 nitrogen and oxygen atoms in total. The van der Waals surface area contributed by atoms with E-state index in [9.17, 15) is 19.7 Å². The molecular weight excluding hydrogens is 364 g/mol. The van der Waals surface area contributed by atoms with Gasteiger partial charge in [0.2, 0.25) is 0 Å². The lowest BCUT2D eigenvalue weighted by Crippen LogP contribution is -2.27. The zero-order chi connectivity index (χ0) is 19.6. The number of nitrogens with zero attached hydrogens (tertiary/aromatic N) is 2. The molecule has 0 aromatic heterocycles. The fourth-order valence-corrected chi connectivity index (χ4v) is 3.51. The molecule has 0 N–H and O–H groups in total. The van der Waals surface area contributed by atoms with Gasteiger partial charge in [-0.05, 0) is 40.4 Å². The van der Waals surface area contributed by atoms with Crippen LogP contribution in [0.15, 0.2) is 53.4 Å². The van der Waals surface area contributed by atoms with E-state index >= 15 is 0 Å². The number of imide groups is 1. The van der Waals surface area contributed by atoms with E-state index in [1.807, 2.05) is 24.3 Å². The summed E-state index contributed by atoms with van der Waals surface area (Å²) in [6, 6.07) is 13.7. The summed E-state index contributed by atoms with van der Waals surface area (Å²) < 4.78 is 0. The molecule has 138 valence electrons. The van der Waals surface area contributed by atoms with Crippen LogP contribution in [0.5, 0.6) is 0 Å². The van der Waals surface area contributed by atoms with Gasteiger partial charge in [0.1, 0.15) is 0 Å². The molecule has 0 radical (unpaired) electrons. The van der Waals surface area contributed by atoms with Crippen molar-refractivity contribution in [1.82, 2.24) is 4.90 Å². The Labute approximate surface area is 161 Å². The van der Waals surface area contributed by atoms with E-state index < -0.39 is 4.92 Å². The molecule has 27 heavy (non-hydrogen) atoms. The van der Waals surface area contributed by atoms with Crippen molar-refractivity contribution in [3.05, 3.63) is 80.2 Å². The first-order valence-electron chi connectivity index (χ1n) is 8.44. The highest BCUT2D eigenvalue weighted by molar-refractivity contribution is 8.18. The summed E-state index contributed by atoms with van der Waals surface area (Å²) in [6.07, 6.45) is 1.71. The van der Waals surface area contributed by atoms with Crippen molar-refractivity contribution < 1.29 is 14.5 Å². The summed E-state index contributed by atoms with van der Waals surface area (Å²) in [4.78, 5) is 36.6. The smallest absolute Gasteiger partial charge is 0.268 e. The van der Waals surface area contributed by atoms with Crippen molar-refractivity contribution in [1.29, 1.82) is 0 Å². The van der Waals surface area contributed by atoms with Crippen LogP contribution in [-0.4, -0.2) is 21.0 Å². The molecule has 0 atom stereocenters. The van der Waals surface area contributed by atoms with Crippen molar-refractivity contribution >= 4 is 34.7 Å². The minimum Gasteiger partial charge on any atom is -0.268 e. The summed E-state index contributed by atoms with van der Waals surface area (Å²) in [5, 5.41) is 10.4. The molecule has 0 unspecified atom stereocenters. The maximum atomic E-state index is 12.6. The van der Waals surface area contributed by atoms with Gasteiger partial charge in [0.05, 0.1) is 16.4 Å². The van der Waals surface area contributed by atoms with Crippen molar-refractivity contribution in [2.75, 3.05) is 0 Å². The van der Waals surface area contributed by atoms with E-state index in [-0.39, 0.29) is 23.4 Å². The van der Waals surface area contributed by atoms with Gasteiger partial charge in [-0.2, -0.15) is 0 Å². The summed E-state index contributed by atoms with van der Waals surface area (Å²) >= 11 is 0.905. The molecule has 2 amide bonds. The molecule has 0 spiro atoms. The minimum absolute atomic E-state index is 0.0300. The number of benzene rings is 2. The number of non-ortho nitro benzene ring substituents is 1. The topological polar surface area (TPSA) is 80.5 Å². The Morgan fingerprint density at radius 1 is 1.07 bits per heavy atom. The average Bonchev–Trinajstić information content (AvgIpc) is 2.90. The van der Waals surface area contributed by atoms with Gasteiger partial charge in [-0.15, -0.1) is 0 Å². The van der Waals surface area contributed by atoms with Crippen LogP contribution < -0.4 is 0 Å². The quantitative estimate of drug-likeness (QED) is 0.415. The normalized spacial score (nSPS) is 15.8. The van der Waals surface area contributed by atoms with Gasteiger partial charge in [0, 0.05) is 12.1 Å². The minimum atomic E-state index is -0.489. The molecule has 0 bridgehead atoms. The Kier molecular flexibility index (Phi) is 5.41. The maximum absolute atomic E-state index is 12.6. The Morgan fingerprint density at radius 3 is 2.26 bits per heavy atom. The Bertz CT molecular complexity index is 918. The van der Waals surface area contributed by atoms with Crippen LogP contribution in [0, 0.1) is 10.1 Å². The number of hydrogen-bond acceptors (Lipinski definition) is 5. The predicted octanol–water partition coefficient (Wildman–Crippen LogP) is 4.95. The fourth-order valence-electron chi connectivity index (χ4n) is 2.67. The van der Waals surface area contributed by atoms with Crippen LogP contribution in [0.1, 0.15) is 36.5 Å². The van der Waals surface area contributed by atoms with E-state index in [0.29, 0.717) is 16.4 Å². The highest BCUT2D eigenvalue weighted by Crippen LogP contribution is 2.33. The van der Waals surface area contributed by atoms with Crippen LogP contribution in [0.2, 0.25) is 0 Å². The van der Waals surface area contributed by atoms with Crippen molar-refractivity contribution in [3.63, 3.8) is 0 Å². The third kappa shape index (κ3) is 4.25. The molecule has 1 aliphatic heterocycles. The zero-order valence-corrected chi connectivity index (χ0v) is 15.7. The van der Waals surface area contributed by atoms with E-state index in [0.717, 1.165) is 22.2 Å². The standard InChI is InChI=1S/C20H18N2O4S/c1-13(2)16-7-3-14(4-8-16)11-18-19(23)21(20(24)27-18)12-15-5-9-17(10-6-15)22(25)26/h3-11,13H,12H2,1-2H3/b18-11-. The zero-order valence-electron chi connectivity index (χ0n) is 14.9. The molecular formula is C20H18N2O4S. The second-order valence-electron chi connectivity index (χ2n) is 6.51. The van der Waals surface area contributed by atoms with E-state index in [1.165, 1.54) is 17.7 Å². The molecule has 0 aliphatic carbocycles. The number of hydrogen-bond donors (Lipinski definition) is 0. The van der Waals surface area contributed by atoms with E-state index in [1.54, 1.807) is 18.2 Å². The summed E-state index contributed by atoms with van der Waals surface area (Å²) in [7, 11) is 0. The first-order valence-corrected chi connectivity index (χ1v) is 9.25. The van der Waals surface area contributed by atoms with Crippen molar-refractivity contribution in [2.24, 2.45) is 0 Å². The van der Waals surface area contributed by atoms with Gasteiger partial charge in [-0.3, -0.25) is 24.6 Å². The molecule has 7 heteroatoms. The number of carbonyl (C=O) groups excluding carboxylic acids is 2. The van der Waals surface area contributed by atoms with Gasteiger partial charge < -0.3 is 0 Å². The molecule has 3 rings (SSSR count). The summed E-state index contributed by atoms with van der Waals surface area (Å²) in [6.45, 7) is 4.31. The number of rotatable bonds is 5. The van der Waals surface area contributed by atoms with Gasteiger partial charge in [-0.25, -0.2) is 0 Å². The Hall–Kier alpha value is -2.93. The largest absolute Gasteiger partial charge is 0.293 e. The molecule has 1 heterocycles.